The minimum absolute atomic E-state index is 0.0377. The molecule has 3 heterocycles. The minimum atomic E-state index is -0.0460. The van der Waals surface area contributed by atoms with Gasteiger partial charge in [0.05, 0.1) is 17.7 Å². The van der Waals surface area contributed by atoms with Crippen molar-refractivity contribution in [3.63, 3.8) is 0 Å². The first-order valence-electron chi connectivity index (χ1n) is 13.3. The second-order valence-corrected chi connectivity index (χ2v) is 10.2. The van der Waals surface area contributed by atoms with Gasteiger partial charge in [-0.05, 0) is 78.6 Å². The Hall–Kier alpha value is -3.36. The summed E-state index contributed by atoms with van der Waals surface area (Å²) in [6.45, 7) is 9.00. The Kier molecular flexibility index (Phi) is 7.76. The topological polar surface area (TPSA) is 88.9 Å². The zero-order chi connectivity index (χ0) is 25.8. The van der Waals surface area contributed by atoms with Gasteiger partial charge >= 0.3 is 0 Å². The van der Waals surface area contributed by atoms with Crippen LogP contribution in [0.1, 0.15) is 60.3 Å². The Bertz CT molecular complexity index is 1390. The third-order valence-corrected chi connectivity index (χ3v) is 7.35. The van der Waals surface area contributed by atoms with E-state index in [4.69, 9.17) is 4.74 Å². The molecular weight excluding hydrogens is 464 g/mol. The number of H-pyrrole nitrogens is 1. The molecule has 1 aliphatic rings. The third kappa shape index (κ3) is 5.81. The number of aryl methyl sites for hydroxylation is 4. The number of fused-ring (bicyclic) bond motifs is 1. The summed E-state index contributed by atoms with van der Waals surface area (Å²) in [7, 11) is 0. The molecule has 0 bridgehead atoms. The number of ether oxygens (including phenoxy) is 1. The molecule has 2 aromatic heterocycles. The maximum Gasteiger partial charge on any atom is 0.252 e. The van der Waals surface area contributed by atoms with Gasteiger partial charge in [-0.15, -0.1) is 5.10 Å². The van der Waals surface area contributed by atoms with Gasteiger partial charge in [-0.3, -0.25) is 9.69 Å². The molecule has 37 heavy (non-hydrogen) atoms. The molecule has 0 saturated carbocycles. The van der Waals surface area contributed by atoms with E-state index in [1.165, 1.54) is 11.1 Å². The van der Waals surface area contributed by atoms with Crippen molar-refractivity contribution in [2.24, 2.45) is 0 Å². The van der Waals surface area contributed by atoms with Crippen LogP contribution in [0, 0.1) is 13.8 Å². The van der Waals surface area contributed by atoms with Crippen LogP contribution in [0.15, 0.2) is 53.3 Å². The molecule has 8 heteroatoms. The monoisotopic (exact) mass is 500 g/mol. The number of pyridine rings is 1. The normalized spacial score (nSPS) is 16.6. The van der Waals surface area contributed by atoms with Gasteiger partial charge in [-0.1, -0.05) is 48.9 Å². The molecule has 1 N–H and O–H groups in total. The summed E-state index contributed by atoms with van der Waals surface area (Å²) in [6, 6.07) is 16.6. The Morgan fingerprint density at radius 2 is 2.03 bits per heavy atom. The average molecular weight is 501 g/mol. The van der Waals surface area contributed by atoms with Crippen LogP contribution < -0.4 is 5.56 Å². The molecule has 194 valence electrons. The summed E-state index contributed by atoms with van der Waals surface area (Å²) in [4.78, 5) is 18.7. The Balaban J connectivity index is 1.45. The van der Waals surface area contributed by atoms with Gasteiger partial charge in [0, 0.05) is 31.8 Å². The van der Waals surface area contributed by atoms with Gasteiger partial charge in [0.1, 0.15) is 0 Å². The smallest absolute Gasteiger partial charge is 0.252 e. The van der Waals surface area contributed by atoms with E-state index < -0.39 is 0 Å². The van der Waals surface area contributed by atoms with Crippen molar-refractivity contribution in [3.8, 4) is 0 Å². The van der Waals surface area contributed by atoms with E-state index in [9.17, 15) is 4.79 Å². The lowest BCUT2D eigenvalue weighted by Crippen LogP contribution is -2.37. The van der Waals surface area contributed by atoms with E-state index in [0.717, 1.165) is 66.7 Å². The van der Waals surface area contributed by atoms with E-state index in [-0.39, 0.29) is 17.7 Å². The SMILES string of the molecule is CCC(c1nnnn1CCc1ccccc1)N(Cc1cc2cc(C)cc(C)c2[nH]c1=O)CC1CCCO1. The summed E-state index contributed by atoms with van der Waals surface area (Å²) in [5.41, 5.74) is 5.12. The summed E-state index contributed by atoms with van der Waals surface area (Å²) < 4.78 is 7.93. The van der Waals surface area contributed by atoms with E-state index in [2.05, 4.69) is 75.7 Å². The predicted molar refractivity (Wildman–Crippen MR) is 144 cm³/mol. The van der Waals surface area contributed by atoms with Crippen molar-refractivity contribution < 1.29 is 4.74 Å². The lowest BCUT2D eigenvalue weighted by molar-refractivity contribution is 0.0488. The van der Waals surface area contributed by atoms with Gasteiger partial charge < -0.3 is 9.72 Å². The standard InChI is InChI=1S/C29H36N6O2/c1-4-26(28-31-32-33-35(28)13-12-22-9-6-5-7-10-22)34(19-25-11-8-14-37-25)18-24-17-23-16-20(2)15-21(3)27(23)30-29(24)36/h5-7,9-10,15-17,25-26H,4,8,11-14,18-19H2,1-3H3,(H,30,36). The van der Waals surface area contributed by atoms with Crippen molar-refractivity contribution in [1.82, 2.24) is 30.1 Å². The number of hydrogen-bond acceptors (Lipinski definition) is 6. The minimum Gasteiger partial charge on any atom is -0.377 e. The van der Waals surface area contributed by atoms with E-state index >= 15 is 0 Å². The summed E-state index contributed by atoms with van der Waals surface area (Å²) in [5, 5.41) is 13.9. The predicted octanol–water partition coefficient (Wildman–Crippen LogP) is 4.51. The molecule has 2 atom stereocenters. The molecular formula is C29H36N6O2. The number of hydrogen-bond donors (Lipinski definition) is 1. The molecule has 1 aliphatic heterocycles. The zero-order valence-corrected chi connectivity index (χ0v) is 22.0. The van der Waals surface area contributed by atoms with Gasteiger partial charge in [-0.2, -0.15) is 0 Å². The fourth-order valence-electron chi connectivity index (χ4n) is 5.51. The average Bonchev–Trinajstić information content (AvgIpc) is 3.57. The molecule has 1 fully saturated rings. The summed E-state index contributed by atoms with van der Waals surface area (Å²) in [5.74, 6) is 0.834. The molecule has 5 rings (SSSR count). The lowest BCUT2D eigenvalue weighted by Gasteiger charge is -2.32. The van der Waals surface area contributed by atoms with Crippen LogP contribution in [0.5, 0.6) is 0 Å². The summed E-state index contributed by atoms with van der Waals surface area (Å²) >= 11 is 0. The van der Waals surface area contributed by atoms with Crippen molar-refractivity contribution >= 4 is 10.9 Å². The number of nitrogens with one attached hydrogen (secondary N) is 1. The van der Waals surface area contributed by atoms with Crippen LogP contribution in [-0.4, -0.2) is 49.3 Å². The maximum atomic E-state index is 13.2. The summed E-state index contributed by atoms with van der Waals surface area (Å²) in [6.07, 6.45) is 3.91. The highest BCUT2D eigenvalue weighted by atomic mass is 16.5. The molecule has 4 aromatic rings. The number of tetrazole rings is 1. The van der Waals surface area contributed by atoms with Crippen LogP contribution in [-0.2, 0) is 24.2 Å². The van der Waals surface area contributed by atoms with Gasteiger partial charge in [0.15, 0.2) is 5.82 Å². The van der Waals surface area contributed by atoms with Crippen LogP contribution in [0.25, 0.3) is 10.9 Å². The van der Waals surface area contributed by atoms with Crippen LogP contribution >= 0.6 is 0 Å². The quantitative estimate of drug-likeness (QED) is 0.345. The van der Waals surface area contributed by atoms with E-state index in [1.807, 2.05) is 23.7 Å². The molecule has 0 spiro atoms. The van der Waals surface area contributed by atoms with Crippen LogP contribution in [0.4, 0.5) is 0 Å². The highest BCUT2D eigenvalue weighted by Gasteiger charge is 2.29. The highest BCUT2D eigenvalue weighted by molar-refractivity contribution is 5.82. The molecule has 0 aliphatic carbocycles. The highest BCUT2D eigenvalue weighted by Crippen LogP contribution is 2.27. The van der Waals surface area contributed by atoms with Gasteiger partial charge in [0.2, 0.25) is 0 Å². The molecule has 8 nitrogen and oxygen atoms in total. The van der Waals surface area contributed by atoms with Crippen molar-refractivity contribution in [3.05, 3.63) is 87.0 Å². The molecule has 0 radical (unpaired) electrons. The van der Waals surface area contributed by atoms with E-state index in [0.29, 0.717) is 13.1 Å². The number of aromatic nitrogens is 5. The third-order valence-electron chi connectivity index (χ3n) is 7.35. The largest absolute Gasteiger partial charge is 0.377 e. The number of nitrogens with zero attached hydrogens (tertiary/aromatic N) is 5. The Morgan fingerprint density at radius 3 is 2.78 bits per heavy atom. The van der Waals surface area contributed by atoms with Crippen LogP contribution in [0.2, 0.25) is 0 Å². The second kappa shape index (κ2) is 11.4. The number of rotatable bonds is 10. The first kappa shape index (κ1) is 25.3. The molecule has 2 unspecified atom stereocenters. The fourth-order valence-corrected chi connectivity index (χ4v) is 5.51. The number of benzene rings is 2. The Labute approximate surface area is 217 Å². The van der Waals surface area contributed by atoms with Crippen molar-refractivity contribution in [2.45, 2.75) is 71.7 Å². The number of aromatic amines is 1. The molecule has 1 saturated heterocycles. The molecule has 0 amide bonds. The van der Waals surface area contributed by atoms with Gasteiger partial charge in [-0.25, -0.2) is 4.68 Å². The molecule has 2 aromatic carbocycles. The fraction of sp³-hybridized carbons (Fsp3) is 0.448. The maximum absolute atomic E-state index is 13.2. The van der Waals surface area contributed by atoms with Gasteiger partial charge in [0.25, 0.3) is 5.56 Å². The zero-order valence-electron chi connectivity index (χ0n) is 22.0. The van der Waals surface area contributed by atoms with E-state index in [1.54, 1.807) is 0 Å². The Morgan fingerprint density at radius 1 is 1.19 bits per heavy atom. The second-order valence-electron chi connectivity index (χ2n) is 10.2. The first-order valence-corrected chi connectivity index (χ1v) is 13.3. The van der Waals surface area contributed by atoms with Crippen molar-refractivity contribution in [1.29, 1.82) is 0 Å². The lowest BCUT2D eigenvalue weighted by atomic mass is 10.0. The first-order chi connectivity index (χ1) is 18.0. The van der Waals surface area contributed by atoms with Crippen molar-refractivity contribution in [2.75, 3.05) is 13.2 Å². The van der Waals surface area contributed by atoms with Crippen LogP contribution in [0.3, 0.4) is 0 Å².